The van der Waals surface area contributed by atoms with E-state index in [1.165, 1.54) is 43.4 Å². The summed E-state index contributed by atoms with van der Waals surface area (Å²) in [4.78, 5) is 24.7. The molecule has 8 heteroatoms. The highest BCUT2D eigenvalue weighted by Crippen LogP contribution is 2.26. The Morgan fingerprint density at radius 1 is 1.21 bits per heavy atom. The molecule has 1 fully saturated rings. The molecule has 156 valence electrons. The van der Waals surface area contributed by atoms with E-state index in [0.717, 1.165) is 10.6 Å². The van der Waals surface area contributed by atoms with Gasteiger partial charge in [0.1, 0.15) is 5.60 Å². The van der Waals surface area contributed by atoms with Crippen LogP contribution in [0.4, 0.5) is 9.80 Å². The second-order valence-corrected chi connectivity index (χ2v) is 9.35. The van der Waals surface area contributed by atoms with Gasteiger partial charge in [0.05, 0.1) is 16.5 Å². The van der Waals surface area contributed by atoms with Crippen molar-refractivity contribution in [1.29, 1.82) is 5.41 Å². The minimum atomic E-state index is -0.545. The molecule has 0 atom stereocenters. The molecule has 28 heavy (non-hydrogen) atoms. The summed E-state index contributed by atoms with van der Waals surface area (Å²) in [6.07, 6.45) is 5.69. The van der Waals surface area contributed by atoms with Gasteiger partial charge in [0, 0.05) is 18.8 Å². The number of hydrogen-bond donors (Lipinski definition) is 4. The number of thiophene rings is 1. The Kier molecular flexibility index (Phi) is 8.00. The van der Waals surface area contributed by atoms with E-state index in [-0.39, 0.29) is 5.91 Å². The first-order valence-corrected chi connectivity index (χ1v) is 10.8. The third kappa shape index (κ3) is 7.24. The van der Waals surface area contributed by atoms with E-state index in [1.54, 1.807) is 33.8 Å². The molecule has 0 aliphatic heterocycles. The van der Waals surface area contributed by atoms with Crippen LogP contribution in [0.3, 0.4) is 0 Å². The number of carbonyl (C=O) groups excluding carboxylic acids is 2. The van der Waals surface area contributed by atoms with Crippen molar-refractivity contribution in [3.05, 3.63) is 16.5 Å². The van der Waals surface area contributed by atoms with Crippen LogP contribution >= 0.6 is 11.3 Å². The number of carbonyl (C=O) groups is 2. The van der Waals surface area contributed by atoms with E-state index >= 15 is 0 Å². The Bertz CT molecular complexity index is 703. The Morgan fingerprint density at radius 3 is 2.46 bits per heavy atom. The maximum Gasteiger partial charge on any atom is 0.407 e. The lowest BCUT2D eigenvalue weighted by Gasteiger charge is -2.19. The lowest BCUT2D eigenvalue weighted by atomic mass is 9.95. The van der Waals surface area contributed by atoms with Crippen LogP contribution < -0.4 is 16.0 Å². The lowest BCUT2D eigenvalue weighted by Crippen LogP contribution is -2.84. The van der Waals surface area contributed by atoms with Gasteiger partial charge in [-0.15, -0.1) is 0 Å². The summed E-state index contributed by atoms with van der Waals surface area (Å²) in [7, 11) is 0. The molecule has 0 saturated heterocycles. The normalized spacial score (nSPS) is 15.1. The van der Waals surface area contributed by atoms with E-state index in [9.17, 15) is 9.59 Å². The van der Waals surface area contributed by atoms with Gasteiger partial charge in [-0.25, -0.2) is 4.79 Å². The molecule has 0 unspecified atom stereocenters. The van der Waals surface area contributed by atoms with Crippen molar-refractivity contribution in [2.45, 2.75) is 71.4 Å². The predicted molar refractivity (Wildman–Crippen MR) is 112 cm³/mol. The SMILES string of the molecule is CC(=N)c1cc(C(=O)NCCNC(=O)OC(C)(C)C)sc1[NH2+]C1CCCCC1. The quantitative estimate of drug-likeness (QED) is 0.411. The number of nitrogens with two attached hydrogens (primary N) is 1. The van der Waals surface area contributed by atoms with Gasteiger partial charge in [0.15, 0.2) is 5.00 Å². The Labute approximate surface area is 171 Å². The van der Waals surface area contributed by atoms with E-state index in [1.807, 2.05) is 0 Å². The van der Waals surface area contributed by atoms with Gasteiger partial charge >= 0.3 is 6.09 Å². The van der Waals surface area contributed by atoms with Gasteiger partial charge in [0.2, 0.25) is 0 Å². The number of alkyl carbamates (subject to hydrolysis) is 1. The van der Waals surface area contributed by atoms with Gasteiger partial charge in [-0.2, -0.15) is 0 Å². The summed E-state index contributed by atoms with van der Waals surface area (Å²) in [6.45, 7) is 7.77. The topological polar surface area (TPSA) is 108 Å². The molecule has 5 N–H and O–H groups in total. The first-order chi connectivity index (χ1) is 13.2. The third-order valence-corrected chi connectivity index (χ3v) is 5.60. The Hall–Kier alpha value is -1.93. The van der Waals surface area contributed by atoms with Gasteiger partial charge in [-0.05, 0) is 59.4 Å². The molecule has 1 aliphatic carbocycles. The van der Waals surface area contributed by atoms with Crippen molar-refractivity contribution in [2.24, 2.45) is 0 Å². The molecule has 2 rings (SSSR count). The standard InChI is InChI=1S/C20H32N4O3S/c1-13(21)15-12-16(28-18(15)24-14-8-6-5-7-9-14)17(25)22-10-11-23-19(26)27-20(2,3)4/h12,14,21,24H,5-11H2,1-4H3,(H,22,25)(H,23,26)/p+1. The maximum atomic E-state index is 12.5. The van der Waals surface area contributed by atoms with Crippen molar-refractivity contribution >= 4 is 34.0 Å². The van der Waals surface area contributed by atoms with Crippen molar-refractivity contribution < 1.29 is 19.6 Å². The smallest absolute Gasteiger partial charge is 0.407 e. The zero-order valence-electron chi connectivity index (χ0n) is 17.3. The van der Waals surface area contributed by atoms with Crippen molar-refractivity contribution in [2.75, 3.05) is 13.1 Å². The molecule has 0 spiro atoms. The number of amides is 2. The van der Waals surface area contributed by atoms with Crippen LogP contribution in [0, 0.1) is 5.41 Å². The number of rotatable bonds is 7. The van der Waals surface area contributed by atoms with Crippen LogP contribution in [0.25, 0.3) is 0 Å². The molecule has 7 nitrogen and oxygen atoms in total. The fourth-order valence-corrected chi connectivity index (χ4v) is 4.35. The largest absolute Gasteiger partial charge is 0.444 e. The second kappa shape index (κ2) is 10.0. The average molecular weight is 410 g/mol. The van der Waals surface area contributed by atoms with Crippen molar-refractivity contribution in [3.63, 3.8) is 0 Å². The van der Waals surface area contributed by atoms with Gasteiger partial charge in [-0.1, -0.05) is 17.8 Å². The fraction of sp³-hybridized carbons (Fsp3) is 0.650. The minimum Gasteiger partial charge on any atom is -0.444 e. The summed E-state index contributed by atoms with van der Waals surface area (Å²) in [5.74, 6) is -0.179. The number of nitrogens with one attached hydrogen (secondary N) is 3. The summed E-state index contributed by atoms with van der Waals surface area (Å²) >= 11 is 1.44. The fourth-order valence-electron chi connectivity index (χ4n) is 3.19. The summed E-state index contributed by atoms with van der Waals surface area (Å²) in [5, 5.41) is 16.7. The third-order valence-electron chi connectivity index (χ3n) is 4.50. The first kappa shape index (κ1) is 22.4. The van der Waals surface area contributed by atoms with Crippen LogP contribution in [-0.4, -0.2) is 42.4 Å². The van der Waals surface area contributed by atoms with Crippen LogP contribution in [-0.2, 0) is 4.74 Å². The molecular weight excluding hydrogens is 376 g/mol. The molecule has 1 heterocycles. The van der Waals surface area contributed by atoms with Crippen LogP contribution in [0.5, 0.6) is 0 Å². The Morgan fingerprint density at radius 2 is 1.86 bits per heavy atom. The molecular formula is C20H33N4O3S+. The van der Waals surface area contributed by atoms with Gasteiger partial charge in [-0.3, -0.25) is 4.79 Å². The maximum absolute atomic E-state index is 12.5. The van der Waals surface area contributed by atoms with E-state index < -0.39 is 11.7 Å². The van der Waals surface area contributed by atoms with Gasteiger partial charge in [0.25, 0.3) is 5.91 Å². The van der Waals surface area contributed by atoms with Crippen LogP contribution in [0.15, 0.2) is 6.07 Å². The van der Waals surface area contributed by atoms with Crippen LogP contribution in [0.1, 0.15) is 75.0 Å². The predicted octanol–water partition coefficient (Wildman–Crippen LogP) is 2.92. The molecule has 1 aliphatic rings. The van der Waals surface area contributed by atoms with Crippen molar-refractivity contribution in [1.82, 2.24) is 10.6 Å². The average Bonchev–Trinajstić information content (AvgIpc) is 3.02. The molecule has 1 aromatic rings. The molecule has 1 aromatic heterocycles. The highest BCUT2D eigenvalue weighted by atomic mass is 32.1. The summed E-state index contributed by atoms with van der Waals surface area (Å²) < 4.78 is 5.16. The zero-order valence-corrected chi connectivity index (χ0v) is 18.1. The molecule has 0 radical (unpaired) electrons. The van der Waals surface area contributed by atoms with E-state index in [2.05, 4.69) is 16.0 Å². The number of quaternary nitrogens is 1. The van der Waals surface area contributed by atoms with E-state index in [4.69, 9.17) is 10.1 Å². The van der Waals surface area contributed by atoms with E-state index in [0.29, 0.717) is 29.7 Å². The number of ether oxygens (including phenoxy) is 1. The highest BCUT2D eigenvalue weighted by Gasteiger charge is 2.23. The lowest BCUT2D eigenvalue weighted by molar-refractivity contribution is -0.610. The van der Waals surface area contributed by atoms with Crippen LogP contribution in [0.2, 0.25) is 0 Å². The minimum absolute atomic E-state index is 0.179. The second-order valence-electron chi connectivity index (χ2n) is 8.26. The summed E-state index contributed by atoms with van der Waals surface area (Å²) in [6, 6.07) is 2.35. The highest BCUT2D eigenvalue weighted by molar-refractivity contribution is 7.17. The molecule has 2 amide bonds. The zero-order chi connectivity index (χ0) is 20.7. The molecule has 0 bridgehead atoms. The first-order valence-electron chi connectivity index (χ1n) is 9.95. The monoisotopic (exact) mass is 409 g/mol. The number of hydrogen-bond acceptors (Lipinski definition) is 5. The van der Waals surface area contributed by atoms with Gasteiger partial charge < -0.3 is 26.1 Å². The summed E-state index contributed by atoms with van der Waals surface area (Å²) in [5.41, 5.74) is 0.771. The Balaban J connectivity index is 1.87. The molecule has 1 saturated carbocycles. The van der Waals surface area contributed by atoms with Crippen molar-refractivity contribution in [3.8, 4) is 0 Å². The molecule has 0 aromatic carbocycles.